The van der Waals surface area contributed by atoms with Crippen molar-refractivity contribution in [2.24, 2.45) is 0 Å². The van der Waals surface area contributed by atoms with Crippen LogP contribution in [0.1, 0.15) is 35.7 Å². The van der Waals surface area contributed by atoms with Crippen LogP contribution in [-0.2, 0) is 6.54 Å². The minimum atomic E-state index is -0.212. The molecule has 1 N–H and O–H groups in total. The van der Waals surface area contributed by atoms with Crippen molar-refractivity contribution in [3.63, 3.8) is 0 Å². The molecule has 33 heavy (non-hydrogen) atoms. The highest BCUT2D eigenvalue weighted by Crippen LogP contribution is 2.26. The van der Waals surface area contributed by atoms with Gasteiger partial charge in [0, 0.05) is 35.1 Å². The second-order valence-corrected chi connectivity index (χ2v) is 8.00. The van der Waals surface area contributed by atoms with Crippen LogP contribution in [0.2, 0.25) is 0 Å². The Labute approximate surface area is 193 Å². The highest BCUT2D eigenvalue weighted by Gasteiger charge is 2.14. The number of fused-ring (bicyclic) bond motifs is 1. The summed E-state index contributed by atoms with van der Waals surface area (Å²) in [5, 5.41) is 2.95. The predicted octanol–water partition coefficient (Wildman–Crippen LogP) is 5.38. The molecule has 4 rings (SSSR count). The number of pyridine rings is 1. The summed E-state index contributed by atoms with van der Waals surface area (Å²) in [6.45, 7) is 3.97. The molecule has 0 bridgehead atoms. The van der Waals surface area contributed by atoms with Crippen molar-refractivity contribution in [1.82, 2.24) is 14.9 Å². The number of anilines is 1. The maximum Gasteiger partial charge on any atom is 0.255 e. The van der Waals surface area contributed by atoms with Gasteiger partial charge in [-0.2, -0.15) is 4.98 Å². The van der Waals surface area contributed by atoms with Crippen molar-refractivity contribution in [2.75, 3.05) is 26.0 Å². The lowest BCUT2D eigenvalue weighted by Gasteiger charge is -2.18. The van der Waals surface area contributed by atoms with E-state index < -0.39 is 0 Å². The molecule has 0 spiro atoms. The summed E-state index contributed by atoms with van der Waals surface area (Å²) >= 11 is 0. The van der Waals surface area contributed by atoms with Gasteiger partial charge in [0.2, 0.25) is 5.89 Å². The Morgan fingerprint density at radius 2 is 2.03 bits per heavy atom. The molecule has 4 aromatic rings. The molecule has 0 unspecified atom stereocenters. The number of ether oxygens (including phenoxy) is 1. The smallest absolute Gasteiger partial charge is 0.255 e. The molecule has 0 aliphatic carbocycles. The van der Waals surface area contributed by atoms with E-state index in [-0.39, 0.29) is 5.91 Å². The Morgan fingerprint density at radius 1 is 1.15 bits per heavy atom. The second kappa shape index (κ2) is 10.3. The fraction of sp³-hybridized carbons (Fsp3) is 0.269. The number of hydrogen-bond donors (Lipinski definition) is 1. The first kappa shape index (κ1) is 22.5. The van der Waals surface area contributed by atoms with E-state index in [2.05, 4.69) is 34.2 Å². The number of nitrogens with one attached hydrogen (secondary N) is 1. The Balaban J connectivity index is 1.49. The van der Waals surface area contributed by atoms with Crippen molar-refractivity contribution >= 4 is 22.8 Å². The fourth-order valence-corrected chi connectivity index (χ4v) is 3.64. The summed E-state index contributed by atoms with van der Waals surface area (Å²) in [7, 11) is 3.72. The molecule has 0 radical (unpaired) electrons. The molecule has 0 fully saturated rings. The van der Waals surface area contributed by atoms with Gasteiger partial charge >= 0.3 is 0 Å². The van der Waals surface area contributed by atoms with Crippen LogP contribution in [0.3, 0.4) is 0 Å². The van der Waals surface area contributed by atoms with Crippen molar-refractivity contribution in [3.05, 3.63) is 71.9 Å². The van der Waals surface area contributed by atoms with Crippen molar-refractivity contribution in [3.8, 4) is 17.2 Å². The molecule has 2 aromatic heterocycles. The maximum absolute atomic E-state index is 12.9. The molecule has 0 atom stereocenters. The summed E-state index contributed by atoms with van der Waals surface area (Å²) in [6.07, 6.45) is 3.98. The first-order valence-corrected chi connectivity index (χ1v) is 11.1. The van der Waals surface area contributed by atoms with E-state index >= 15 is 0 Å². The first-order valence-electron chi connectivity index (χ1n) is 11.1. The van der Waals surface area contributed by atoms with E-state index in [4.69, 9.17) is 9.15 Å². The van der Waals surface area contributed by atoms with Crippen LogP contribution in [0.15, 0.2) is 65.2 Å². The third kappa shape index (κ3) is 5.38. The zero-order chi connectivity index (χ0) is 23.2. The lowest BCUT2D eigenvalue weighted by Crippen LogP contribution is -2.19. The van der Waals surface area contributed by atoms with Gasteiger partial charge < -0.3 is 19.4 Å². The molecule has 1 amide bonds. The standard InChI is InChI=1S/C26H28N4O3/c1-4-5-14-30(2)17-20-12-11-18(16-23(20)32-3)25(31)28-21-9-6-8-19(15-21)26-29-24-22(33-26)10-7-13-27-24/h6-13,15-16H,4-5,14,17H2,1-3H3,(H,28,31). The highest BCUT2D eigenvalue weighted by molar-refractivity contribution is 6.04. The quantitative estimate of drug-likeness (QED) is 0.373. The molecule has 0 aliphatic heterocycles. The number of unbranched alkanes of at least 4 members (excludes halogenated alkanes) is 1. The van der Waals surface area contributed by atoms with Crippen LogP contribution < -0.4 is 10.1 Å². The number of methoxy groups -OCH3 is 1. The topological polar surface area (TPSA) is 80.5 Å². The van der Waals surface area contributed by atoms with Gasteiger partial charge in [0.05, 0.1) is 7.11 Å². The molecule has 7 nitrogen and oxygen atoms in total. The van der Waals surface area contributed by atoms with Gasteiger partial charge in [-0.25, -0.2) is 4.98 Å². The lowest BCUT2D eigenvalue weighted by molar-refractivity contribution is 0.102. The van der Waals surface area contributed by atoms with Crippen LogP contribution in [0.4, 0.5) is 5.69 Å². The minimum Gasteiger partial charge on any atom is -0.496 e. The molecule has 0 saturated heterocycles. The molecule has 0 aliphatic rings. The Bertz CT molecular complexity index is 1220. The molecule has 0 saturated carbocycles. The van der Waals surface area contributed by atoms with Crippen LogP contribution >= 0.6 is 0 Å². The number of benzene rings is 2. The summed E-state index contributed by atoms with van der Waals surface area (Å²) in [5.41, 5.74) is 4.16. The van der Waals surface area contributed by atoms with Crippen molar-refractivity contribution < 1.29 is 13.9 Å². The van der Waals surface area contributed by atoms with Gasteiger partial charge in [-0.05, 0) is 62.5 Å². The summed E-state index contributed by atoms with van der Waals surface area (Å²) in [6, 6.07) is 16.6. The summed E-state index contributed by atoms with van der Waals surface area (Å²) < 4.78 is 11.4. The fourth-order valence-electron chi connectivity index (χ4n) is 3.64. The number of amides is 1. The third-order valence-corrected chi connectivity index (χ3v) is 5.42. The monoisotopic (exact) mass is 444 g/mol. The van der Waals surface area contributed by atoms with Gasteiger partial charge in [0.1, 0.15) is 5.75 Å². The van der Waals surface area contributed by atoms with Crippen LogP contribution in [0, 0.1) is 0 Å². The largest absolute Gasteiger partial charge is 0.496 e. The first-order chi connectivity index (χ1) is 16.1. The minimum absolute atomic E-state index is 0.212. The lowest BCUT2D eigenvalue weighted by atomic mass is 10.1. The number of hydrogen-bond acceptors (Lipinski definition) is 6. The average molecular weight is 445 g/mol. The Morgan fingerprint density at radius 3 is 2.82 bits per heavy atom. The highest BCUT2D eigenvalue weighted by atomic mass is 16.5. The van der Waals surface area contributed by atoms with E-state index in [1.165, 1.54) is 0 Å². The van der Waals surface area contributed by atoms with Gasteiger partial charge in [0.15, 0.2) is 11.2 Å². The number of carbonyl (C=O) groups is 1. The Kier molecular flexibility index (Phi) is 7.00. The third-order valence-electron chi connectivity index (χ3n) is 5.42. The summed E-state index contributed by atoms with van der Waals surface area (Å²) in [5.74, 6) is 0.951. The van der Waals surface area contributed by atoms with Crippen molar-refractivity contribution in [1.29, 1.82) is 0 Å². The maximum atomic E-state index is 12.9. The normalized spacial score (nSPS) is 11.2. The SMILES string of the molecule is CCCCN(C)Cc1ccc(C(=O)Nc2cccc(-c3nc4ncccc4o3)c2)cc1OC. The molecular formula is C26H28N4O3. The Hall–Kier alpha value is -3.71. The number of rotatable bonds is 9. The van der Waals surface area contributed by atoms with Crippen LogP contribution in [0.25, 0.3) is 22.7 Å². The van der Waals surface area contributed by atoms with Crippen molar-refractivity contribution in [2.45, 2.75) is 26.3 Å². The number of carbonyl (C=O) groups excluding carboxylic acids is 1. The zero-order valence-corrected chi connectivity index (χ0v) is 19.2. The van der Waals surface area contributed by atoms with Gasteiger partial charge in [0.25, 0.3) is 5.91 Å². The van der Waals surface area contributed by atoms with E-state index in [9.17, 15) is 4.79 Å². The van der Waals surface area contributed by atoms with E-state index in [0.717, 1.165) is 37.1 Å². The number of aromatic nitrogens is 2. The summed E-state index contributed by atoms with van der Waals surface area (Å²) in [4.78, 5) is 23.8. The predicted molar refractivity (Wildman–Crippen MR) is 129 cm³/mol. The molecule has 2 heterocycles. The van der Waals surface area contributed by atoms with Gasteiger partial charge in [-0.15, -0.1) is 0 Å². The van der Waals surface area contributed by atoms with E-state index in [0.29, 0.717) is 34.1 Å². The van der Waals surface area contributed by atoms with E-state index in [1.54, 1.807) is 25.4 Å². The average Bonchev–Trinajstić information content (AvgIpc) is 3.27. The molecular weight excluding hydrogens is 416 g/mol. The molecule has 2 aromatic carbocycles. The number of nitrogens with zero attached hydrogens (tertiary/aromatic N) is 3. The van der Waals surface area contributed by atoms with Crippen LogP contribution in [-0.4, -0.2) is 41.5 Å². The van der Waals surface area contributed by atoms with Crippen LogP contribution in [0.5, 0.6) is 5.75 Å². The molecule has 170 valence electrons. The van der Waals surface area contributed by atoms with E-state index in [1.807, 2.05) is 42.5 Å². The number of oxazole rings is 1. The zero-order valence-electron chi connectivity index (χ0n) is 19.2. The molecule has 7 heteroatoms. The second-order valence-electron chi connectivity index (χ2n) is 8.00. The van der Waals surface area contributed by atoms with Gasteiger partial charge in [-0.3, -0.25) is 4.79 Å². The van der Waals surface area contributed by atoms with Gasteiger partial charge in [-0.1, -0.05) is 25.5 Å².